The number of amides is 1. The average molecular weight is 370 g/mol. The van der Waals surface area contributed by atoms with Crippen molar-refractivity contribution < 1.29 is 18.1 Å². The molecule has 0 aliphatic rings. The van der Waals surface area contributed by atoms with Gasteiger partial charge in [0.15, 0.2) is 5.13 Å². The number of nitrogens with one attached hydrogen (secondary N) is 2. The van der Waals surface area contributed by atoms with Crippen LogP contribution in [0.25, 0.3) is 0 Å². The largest absolute Gasteiger partial charge is 0.345 e. The molecule has 9 nitrogen and oxygen atoms in total. The van der Waals surface area contributed by atoms with Crippen LogP contribution in [0.4, 0.5) is 10.1 Å². The smallest absolute Gasteiger partial charge is 0.302 e. The lowest BCUT2D eigenvalue weighted by atomic mass is 10.3. The van der Waals surface area contributed by atoms with Crippen LogP contribution in [0.2, 0.25) is 0 Å². The number of anilines is 1. The lowest BCUT2D eigenvalue weighted by molar-refractivity contribution is -0.380. The number of sulfonamides is 1. The molecular weight excluding hydrogens is 356 g/mol. The van der Waals surface area contributed by atoms with Gasteiger partial charge >= 0.3 is 5.00 Å². The van der Waals surface area contributed by atoms with E-state index in [2.05, 4.69) is 15.0 Å². The Balaban J connectivity index is 1.75. The first kappa shape index (κ1) is 18.0. The second-order valence-electron chi connectivity index (χ2n) is 4.62. The summed E-state index contributed by atoms with van der Waals surface area (Å²) in [6, 6.07) is 7.91. The first-order valence-electron chi connectivity index (χ1n) is 6.83. The average Bonchev–Trinajstić information content (AvgIpc) is 3.01. The fourth-order valence-corrected chi connectivity index (χ4v) is 3.47. The van der Waals surface area contributed by atoms with Gasteiger partial charge in [-0.05, 0) is 29.9 Å². The SMILES string of the molecule is O=C(CCCNS(=O)(=O)c1ccccc1)Nc1ncc([N+](=O)[O-])s1. The summed E-state index contributed by atoms with van der Waals surface area (Å²) in [5.41, 5.74) is 0. The molecule has 0 saturated heterocycles. The summed E-state index contributed by atoms with van der Waals surface area (Å²) in [7, 11) is -3.59. The summed E-state index contributed by atoms with van der Waals surface area (Å²) in [5.74, 6) is -0.391. The highest BCUT2D eigenvalue weighted by molar-refractivity contribution is 7.89. The first-order valence-corrected chi connectivity index (χ1v) is 9.13. The normalized spacial score (nSPS) is 11.2. The van der Waals surface area contributed by atoms with E-state index >= 15 is 0 Å². The van der Waals surface area contributed by atoms with Gasteiger partial charge in [0, 0.05) is 13.0 Å². The topological polar surface area (TPSA) is 131 Å². The predicted octanol–water partition coefficient (Wildman–Crippen LogP) is 1.75. The third-order valence-electron chi connectivity index (χ3n) is 2.85. The summed E-state index contributed by atoms with van der Waals surface area (Å²) in [6.07, 6.45) is 1.41. The summed E-state index contributed by atoms with van der Waals surface area (Å²) >= 11 is 0.756. The standard InChI is InChI=1S/C13H14N4O5S2/c18-11(16-13-14-9-12(23-13)17(19)20)7-4-8-15-24(21,22)10-5-2-1-3-6-10/h1-3,5-6,9,15H,4,7-8H2,(H,14,16,18). The van der Waals surface area contributed by atoms with Gasteiger partial charge < -0.3 is 5.32 Å². The van der Waals surface area contributed by atoms with Gasteiger partial charge in [0.05, 0.1) is 9.82 Å². The van der Waals surface area contributed by atoms with E-state index in [-0.39, 0.29) is 34.4 Å². The van der Waals surface area contributed by atoms with Crippen LogP contribution in [0.1, 0.15) is 12.8 Å². The molecule has 24 heavy (non-hydrogen) atoms. The third kappa shape index (κ3) is 5.08. The maximum atomic E-state index is 12.0. The molecule has 1 heterocycles. The fraction of sp³-hybridized carbons (Fsp3) is 0.231. The zero-order valence-electron chi connectivity index (χ0n) is 12.3. The molecule has 1 aromatic carbocycles. The number of aromatic nitrogens is 1. The van der Waals surface area contributed by atoms with Gasteiger partial charge in [-0.2, -0.15) is 0 Å². The van der Waals surface area contributed by atoms with Crippen molar-refractivity contribution in [3.63, 3.8) is 0 Å². The number of rotatable bonds is 8. The minimum Gasteiger partial charge on any atom is -0.302 e. The van der Waals surface area contributed by atoms with Gasteiger partial charge in [-0.15, -0.1) is 0 Å². The maximum Gasteiger partial charge on any atom is 0.345 e. The summed E-state index contributed by atoms with van der Waals surface area (Å²) in [5, 5.41) is 12.9. The van der Waals surface area contributed by atoms with Crippen molar-refractivity contribution in [2.45, 2.75) is 17.7 Å². The Morgan fingerprint density at radius 1 is 1.29 bits per heavy atom. The van der Waals surface area contributed by atoms with Crippen molar-refractivity contribution in [2.24, 2.45) is 0 Å². The maximum absolute atomic E-state index is 12.0. The van der Waals surface area contributed by atoms with Crippen molar-refractivity contribution in [3.8, 4) is 0 Å². The molecular formula is C13H14N4O5S2. The highest BCUT2D eigenvalue weighted by atomic mass is 32.2. The lowest BCUT2D eigenvalue weighted by Gasteiger charge is -2.06. The molecule has 2 N–H and O–H groups in total. The van der Waals surface area contributed by atoms with Crippen LogP contribution in [-0.2, 0) is 14.8 Å². The van der Waals surface area contributed by atoms with E-state index in [1.54, 1.807) is 18.2 Å². The van der Waals surface area contributed by atoms with Crippen molar-refractivity contribution in [1.82, 2.24) is 9.71 Å². The molecule has 11 heteroatoms. The van der Waals surface area contributed by atoms with Crippen LogP contribution in [-0.4, -0.2) is 30.8 Å². The van der Waals surface area contributed by atoms with Gasteiger partial charge in [-0.3, -0.25) is 14.9 Å². The Bertz CT molecular complexity index is 820. The highest BCUT2D eigenvalue weighted by Gasteiger charge is 2.14. The fourth-order valence-electron chi connectivity index (χ4n) is 1.73. The van der Waals surface area contributed by atoms with Crippen LogP contribution in [0.15, 0.2) is 41.4 Å². The van der Waals surface area contributed by atoms with Crippen LogP contribution in [0.5, 0.6) is 0 Å². The van der Waals surface area contributed by atoms with E-state index in [1.807, 2.05) is 0 Å². The van der Waals surface area contributed by atoms with Crippen molar-refractivity contribution >= 4 is 37.4 Å². The first-order chi connectivity index (χ1) is 11.4. The van der Waals surface area contributed by atoms with Crippen LogP contribution < -0.4 is 10.0 Å². The number of hydrogen-bond donors (Lipinski definition) is 2. The molecule has 2 rings (SSSR count). The number of carbonyl (C=O) groups is 1. The molecule has 0 saturated carbocycles. The van der Waals surface area contributed by atoms with Gasteiger partial charge in [0.2, 0.25) is 15.9 Å². The molecule has 0 unspecified atom stereocenters. The van der Waals surface area contributed by atoms with E-state index < -0.39 is 20.9 Å². The summed E-state index contributed by atoms with van der Waals surface area (Å²) < 4.78 is 26.3. The molecule has 1 amide bonds. The van der Waals surface area contributed by atoms with E-state index in [0.717, 1.165) is 17.5 Å². The number of carbonyl (C=O) groups excluding carboxylic acids is 1. The summed E-state index contributed by atoms with van der Waals surface area (Å²) in [6.45, 7) is 0.0999. The highest BCUT2D eigenvalue weighted by Crippen LogP contribution is 2.24. The molecule has 0 bridgehead atoms. The lowest BCUT2D eigenvalue weighted by Crippen LogP contribution is -2.25. The predicted molar refractivity (Wildman–Crippen MR) is 88.3 cm³/mol. The molecule has 1 aromatic heterocycles. The van der Waals surface area contributed by atoms with Gasteiger partial charge in [-0.25, -0.2) is 18.1 Å². The zero-order chi connectivity index (χ0) is 17.6. The van der Waals surface area contributed by atoms with Gasteiger partial charge in [-0.1, -0.05) is 18.2 Å². The monoisotopic (exact) mass is 370 g/mol. The van der Waals surface area contributed by atoms with Gasteiger partial charge in [0.25, 0.3) is 0 Å². The zero-order valence-corrected chi connectivity index (χ0v) is 14.0. The number of nitro groups is 1. The van der Waals surface area contributed by atoms with Crippen molar-refractivity contribution in [2.75, 3.05) is 11.9 Å². The third-order valence-corrected chi connectivity index (χ3v) is 5.19. The molecule has 0 spiro atoms. The van der Waals surface area contributed by atoms with Crippen molar-refractivity contribution in [3.05, 3.63) is 46.6 Å². The van der Waals surface area contributed by atoms with Gasteiger partial charge in [0.1, 0.15) is 6.20 Å². The number of thiazole rings is 1. The Kier molecular flexibility index (Phi) is 5.95. The van der Waals surface area contributed by atoms with Crippen LogP contribution >= 0.6 is 11.3 Å². The Hall–Kier alpha value is -2.37. The second-order valence-corrected chi connectivity index (χ2v) is 7.40. The number of benzene rings is 1. The minimum absolute atomic E-state index is 0.0602. The second kappa shape index (κ2) is 7.95. The number of nitrogens with zero attached hydrogens (tertiary/aromatic N) is 2. The molecule has 0 atom stereocenters. The molecule has 2 aromatic rings. The van der Waals surface area contributed by atoms with E-state index in [1.165, 1.54) is 12.1 Å². The van der Waals surface area contributed by atoms with Crippen LogP contribution in [0.3, 0.4) is 0 Å². The van der Waals surface area contributed by atoms with E-state index in [0.29, 0.717) is 0 Å². The Labute approximate surface area is 141 Å². The minimum atomic E-state index is -3.59. The van der Waals surface area contributed by atoms with Crippen molar-refractivity contribution in [1.29, 1.82) is 0 Å². The van der Waals surface area contributed by atoms with E-state index in [9.17, 15) is 23.3 Å². The quantitative estimate of drug-likeness (QED) is 0.413. The van der Waals surface area contributed by atoms with Crippen LogP contribution in [0, 0.1) is 10.1 Å². The van der Waals surface area contributed by atoms with E-state index in [4.69, 9.17) is 0 Å². The number of hydrogen-bond acceptors (Lipinski definition) is 7. The Morgan fingerprint density at radius 2 is 2.00 bits per heavy atom. The molecule has 0 aliphatic carbocycles. The molecule has 0 fully saturated rings. The molecule has 0 radical (unpaired) electrons. The molecule has 128 valence electrons. The summed E-state index contributed by atoms with van der Waals surface area (Å²) in [4.78, 5) is 25.5. The Morgan fingerprint density at radius 3 is 2.62 bits per heavy atom. The molecule has 0 aliphatic heterocycles.